The number of methoxy groups -OCH3 is 1. The van der Waals surface area contributed by atoms with Crippen molar-refractivity contribution in [1.29, 1.82) is 0 Å². The molecule has 1 N–H and O–H groups in total. The molecule has 0 aliphatic rings. The Kier molecular flexibility index (Phi) is 6.71. The standard InChI is InChI=1S/C24H22FNO2/c1-28-24(27)23(20-12-14-21(25)15-13-20)26-17-16-22(18-8-4-2-5-9-18)19-10-6-3-7-11-19/h2-16,23,26H,17H2,1H3/t23-/m0/s1. The highest BCUT2D eigenvalue weighted by atomic mass is 19.1. The third-order valence-corrected chi connectivity index (χ3v) is 4.44. The van der Waals surface area contributed by atoms with Gasteiger partial charge in [-0.3, -0.25) is 5.32 Å². The van der Waals surface area contributed by atoms with Crippen molar-refractivity contribution in [3.8, 4) is 0 Å². The van der Waals surface area contributed by atoms with Crippen LogP contribution in [0, 0.1) is 5.82 Å². The Balaban J connectivity index is 1.85. The van der Waals surface area contributed by atoms with Crippen molar-refractivity contribution in [3.05, 3.63) is 114 Å². The van der Waals surface area contributed by atoms with Gasteiger partial charge in [-0.05, 0) is 34.4 Å². The van der Waals surface area contributed by atoms with E-state index in [-0.39, 0.29) is 5.82 Å². The lowest BCUT2D eigenvalue weighted by Gasteiger charge is -2.17. The summed E-state index contributed by atoms with van der Waals surface area (Å²) in [7, 11) is 1.34. The van der Waals surface area contributed by atoms with Crippen LogP contribution < -0.4 is 5.32 Å². The van der Waals surface area contributed by atoms with Crippen molar-refractivity contribution in [2.45, 2.75) is 6.04 Å². The lowest BCUT2D eigenvalue weighted by atomic mass is 9.97. The number of benzene rings is 3. The van der Waals surface area contributed by atoms with Gasteiger partial charge in [-0.15, -0.1) is 0 Å². The third-order valence-electron chi connectivity index (χ3n) is 4.44. The summed E-state index contributed by atoms with van der Waals surface area (Å²) in [6, 6.07) is 25.3. The van der Waals surface area contributed by atoms with Crippen LogP contribution in [-0.2, 0) is 9.53 Å². The second kappa shape index (κ2) is 9.62. The zero-order chi connectivity index (χ0) is 19.8. The molecule has 0 amide bonds. The number of hydrogen-bond acceptors (Lipinski definition) is 3. The van der Waals surface area contributed by atoms with Crippen LogP contribution in [0.2, 0.25) is 0 Å². The molecular weight excluding hydrogens is 353 g/mol. The number of rotatable bonds is 7. The van der Waals surface area contributed by atoms with E-state index in [1.807, 2.05) is 42.5 Å². The number of hydrogen-bond donors (Lipinski definition) is 1. The molecule has 0 heterocycles. The van der Waals surface area contributed by atoms with E-state index in [0.29, 0.717) is 12.1 Å². The van der Waals surface area contributed by atoms with Gasteiger partial charge in [-0.2, -0.15) is 0 Å². The van der Waals surface area contributed by atoms with Crippen LogP contribution in [0.3, 0.4) is 0 Å². The summed E-state index contributed by atoms with van der Waals surface area (Å²) in [6.45, 7) is 0.441. The maximum absolute atomic E-state index is 13.2. The second-order valence-electron chi connectivity index (χ2n) is 6.27. The molecule has 1 atom stereocenters. The zero-order valence-electron chi connectivity index (χ0n) is 15.6. The molecule has 0 aliphatic carbocycles. The summed E-state index contributed by atoms with van der Waals surface area (Å²) < 4.78 is 18.1. The summed E-state index contributed by atoms with van der Waals surface area (Å²) in [6.07, 6.45) is 2.05. The van der Waals surface area contributed by atoms with Gasteiger partial charge in [0.2, 0.25) is 0 Å². The van der Waals surface area contributed by atoms with Gasteiger partial charge in [0.05, 0.1) is 7.11 Å². The van der Waals surface area contributed by atoms with Crippen LogP contribution in [0.4, 0.5) is 4.39 Å². The minimum Gasteiger partial charge on any atom is -0.468 e. The van der Waals surface area contributed by atoms with E-state index >= 15 is 0 Å². The summed E-state index contributed by atoms with van der Waals surface area (Å²) in [4.78, 5) is 12.2. The average Bonchev–Trinajstić information content (AvgIpc) is 2.75. The molecule has 4 heteroatoms. The molecule has 0 saturated heterocycles. The highest BCUT2D eigenvalue weighted by molar-refractivity contribution is 5.80. The minimum atomic E-state index is -0.672. The van der Waals surface area contributed by atoms with E-state index in [0.717, 1.165) is 16.7 Å². The molecule has 3 aromatic carbocycles. The van der Waals surface area contributed by atoms with Crippen LogP contribution in [0.5, 0.6) is 0 Å². The average molecular weight is 375 g/mol. The minimum absolute atomic E-state index is 0.345. The van der Waals surface area contributed by atoms with Crippen molar-refractivity contribution in [1.82, 2.24) is 5.32 Å². The fourth-order valence-corrected chi connectivity index (χ4v) is 3.03. The van der Waals surface area contributed by atoms with Gasteiger partial charge in [-0.25, -0.2) is 9.18 Å². The van der Waals surface area contributed by atoms with Crippen molar-refractivity contribution in [2.75, 3.05) is 13.7 Å². The summed E-state index contributed by atoms with van der Waals surface area (Å²) in [5.41, 5.74) is 3.90. The van der Waals surface area contributed by atoms with Crippen molar-refractivity contribution in [3.63, 3.8) is 0 Å². The first kappa shape index (κ1) is 19.5. The molecule has 3 aromatic rings. The SMILES string of the molecule is COC(=O)[C@@H](NCC=C(c1ccccc1)c1ccccc1)c1ccc(F)cc1. The molecule has 0 spiro atoms. The van der Waals surface area contributed by atoms with Gasteiger partial charge in [0.1, 0.15) is 11.9 Å². The van der Waals surface area contributed by atoms with Gasteiger partial charge in [0.15, 0.2) is 0 Å². The molecule has 0 radical (unpaired) electrons. The highest BCUT2D eigenvalue weighted by Gasteiger charge is 2.20. The molecular formula is C24H22FNO2. The summed E-state index contributed by atoms with van der Waals surface area (Å²) >= 11 is 0. The number of nitrogens with one attached hydrogen (secondary N) is 1. The molecule has 0 fully saturated rings. The van der Waals surface area contributed by atoms with Gasteiger partial charge < -0.3 is 4.74 Å². The maximum Gasteiger partial charge on any atom is 0.327 e. The quantitative estimate of drug-likeness (QED) is 0.605. The highest BCUT2D eigenvalue weighted by Crippen LogP contribution is 2.23. The Bertz CT molecular complexity index is 880. The Morgan fingerprint density at radius 2 is 1.46 bits per heavy atom. The molecule has 0 aromatic heterocycles. The fourth-order valence-electron chi connectivity index (χ4n) is 3.03. The van der Waals surface area contributed by atoms with Crippen LogP contribution in [0.15, 0.2) is 91.0 Å². The van der Waals surface area contributed by atoms with Gasteiger partial charge in [0.25, 0.3) is 0 Å². The van der Waals surface area contributed by atoms with Gasteiger partial charge >= 0.3 is 5.97 Å². The first-order valence-electron chi connectivity index (χ1n) is 9.06. The van der Waals surface area contributed by atoms with Crippen molar-refractivity contribution < 1.29 is 13.9 Å². The second-order valence-corrected chi connectivity index (χ2v) is 6.27. The van der Waals surface area contributed by atoms with Gasteiger partial charge in [-0.1, -0.05) is 78.9 Å². The Morgan fingerprint density at radius 3 is 1.96 bits per heavy atom. The van der Waals surface area contributed by atoms with Gasteiger partial charge in [0, 0.05) is 6.54 Å². The van der Waals surface area contributed by atoms with E-state index in [1.54, 1.807) is 12.1 Å². The molecule has 28 heavy (non-hydrogen) atoms. The largest absolute Gasteiger partial charge is 0.468 e. The number of carbonyl (C=O) groups is 1. The third kappa shape index (κ3) is 4.93. The van der Waals surface area contributed by atoms with Crippen molar-refractivity contribution in [2.24, 2.45) is 0 Å². The molecule has 0 aliphatic heterocycles. The van der Waals surface area contributed by atoms with E-state index in [9.17, 15) is 9.18 Å². The van der Waals surface area contributed by atoms with E-state index in [2.05, 4.69) is 29.6 Å². The molecule has 3 nitrogen and oxygen atoms in total. The first-order chi connectivity index (χ1) is 13.7. The molecule has 142 valence electrons. The number of carbonyl (C=O) groups excluding carboxylic acids is 1. The predicted molar refractivity (Wildman–Crippen MR) is 109 cm³/mol. The Hall–Kier alpha value is -3.24. The first-order valence-corrected chi connectivity index (χ1v) is 9.06. The lowest BCUT2D eigenvalue weighted by molar-refractivity contribution is -0.143. The maximum atomic E-state index is 13.2. The topological polar surface area (TPSA) is 38.3 Å². The number of ether oxygens (including phenoxy) is 1. The van der Waals surface area contributed by atoms with E-state index in [4.69, 9.17) is 4.74 Å². The van der Waals surface area contributed by atoms with Crippen LogP contribution in [0.25, 0.3) is 5.57 Å². The van der Waals surface area contributed by atoms with Crippen LogP contribution in [0.1, 0.15) is 22.7 Å². The Labute approximate surface area is 164 Å². The lowest BCUT2D eigenvalue weighted by Crippen LogP contribution is -2.30. The predicted octanol–water partition coefficient (Wildman–Crippen LogP) is 4.76. The monoisotopic (exact) mass is 375 g/mol. The van der Waals surface area contributed by atoms with Crippen molar-refractivity contribution >= 4 is 11.5 Å². The zero-order valence-corrected chi connectivity index (χ0v) is 15.6. The summed E-state index contributed by atoms with van der Waals surface area (Å²) in [5.74, 6) is -0.760. The molecule has 0 bridgehead atoms. The number of halogens is 1. The normalized spacial score (nSPS) is 11.5. The Morgan fingerprint density at radius 1 is 0.929 bits per heavy atom. The van der Waals surface area contributed by atoms with Crippen LogP contribution in [-0.4, -0.2) is 19.6 Å². The van der Waals surface area contributed by atoms with Crippen LogP contribution >= 0.6 is 0 Å². The van der Waals surface area contributed by atoms with E-state index < -0.39 is 12.0 Å². The molecule has 0 unspecified atom stereocenters. The fraction of sp³-hybridized carbons (Fsp3) is 0.125. The molecule has 3 rings (SSSR count). The number of esters is 1. The molecule has 0 saturated carbocycles. The van der Waals surface area contributed by atoms with E-state index in [1.165, 1.54) is 19.2 Å². The summed E-state index contributed by atoms with van der Waals surface area (Å²) in [5, 5.41) is 3.20. The smallest absolute Gasteiger partial charge is 0.327 e.